The SMILES string of the molecule is Cc1ccc(C(N[S@@](=O)C(C)(C)C)[C@@H]2CN(C(=O)OC(C)(C)C)CCO2)nc1. The van der Waals surface area contributed by atoms with E-state index in [0.717, 1.165) is 11.3 Å². The molecule has 1 aromatic heterocycles. The van der Waals surface area contributed by atoms with Gasteiger partial charge in [0.15, 0.2) is 0 Å². The normalized spacial score (nSPS) is 20.5. The smallest absolute Gasteiger partial charge is 0.410 e. The van der Waals surface area contributed by atoms with E-state index in [2.05, 4.69) is 9.71 Å². The highest BCUT2D eigenvalue weighted by Gasteiger charge is 2.36. The molecule has 3 atom stereocenters. The van der Waals surface area contributed by atoms with Crippen LogP contribution in [0.1, 0.15) is 58.8 Å². The molecule has 0 spiro atoms. The predicted octanol–water partition coefficient (Wildman–Crippen LogP) is 3.12. The van der Waals surface area contributed by atoms with Crippen molar-refractivity contribution in [3.05, 3.63) is 29.6 Å². The Balaban J connectivity index is 2.23. The fourth-order valence-electron chi connectivity index (χ4n) is 2.65. The van der Waals surface area contributed by atoms with Gasteiger partial charge in [0.05, 0.1) is 46.7 Å². The Hall–Kier alpha value is -1.51. The van der Waals surface area contributed by atoms with E-state index >= 15 is 0 Å². The summed E-state index contributed by atoms with van der Waals surface area (Å²) in [6.07, 6.45) is 1.02. The van der Waals surface area contributed by atoms with Crippen LogP contribution in [0.4, 0.5) is 4.79 Å². The number of morpholine rings is 1. The molecular weight excluding hydrogens is 378 g/mol. The van der Waals surface area contributed by atoms with Crippen LogP contribution in [0, 0.1) is 6.92 Å². The summed E-state index contributed by atoms with van der Waals surface area (Å²) >= 11 is 0. The molecule has 1 saturated heterocycles. The van der Waals surface area contributed by atoms with Crippen LogP contribution in [0.15, 0.2) is 18.3 Å². The number of aromatic nitrogens is 1. The van der Waals surface area contributed by atoms with Crippen molar-refractivity contribution in [2.75, 3.05) is 19.7 Å². The maximum Gasteiger partial charge on any atom is 0.410 e. The molecule has 0 bridgehead atoms. The largest absolute Gasteiger partial charge is 0.444 e. The van der Waals surface area contributed by atoms with Gasteiger partial charge in [-0.1, -0.05) is 6.07 Å². The number of aryl methyl sites for hydroxylation is 1. The molecule has 8 heteroatoms. The lowest BCUT2D eigenvalue weighted by molar-refractivity contribution is -0.0531. The number of carbonyl (C=O) groups excluding carboxylic acids is 1. The number of hydrogen-bond acceptors (Lipinski definition) is 5. The van der Waals surface area contributed by atoms with Gasteiger partial charge in [-0.05, 0) is 60.1 Å². The quantitative estimate of drug-likeness (QED) is 0.823. The van der Waals surface area contributed by atoms with Crippen molar-refractivity contribution >= 4 is 17.1 Å². The van der Waals surface area contributed by atoms with Crippen LogP contribution < -0.4 is 4.72 Å². The van der Waals surface area contributed by atoms with Gasteiger partial charge in [0.25, 0.3) is 0 Å². The van der Waals surface area contributed by atoms with E-state index in [9.17, 15) is 9.00 Å². The van der Waals surface area contributed by atoms with Crippen molar-refractivity contribution in [2.45, 2.75) is 71.0 Å². The van der Waals surface area contributed by atoms with Gasteiger partial charge in [-0.15, -0.1) is 0 Å². The Kier molecular flexibility index (Phi) is 7.22. The first kappa shape index (κ1) is 22.8. The van der Waals surface area contributed by atoms with Gasteiger partial charge in [-0.3, -0.25) is 4.98 Å². The molecular formula is C20H33N3O4S. The van der Waals surface area contributed by atoms with Gasteiger partial charge >= 0.3 is 6.09 Å². The first-order valence-corrected chi connectivity index (χ1v) is 10.7. The zero-order valence-corrected chi connectivity index (χ0v) is 18.8. The Labute approximate surface area is 170 Å². The number of amides is 1. The van der Waals surface area contributed by atoms with Gasteiger partial charge in [0.1, 0.15) is 5.60 Å². The molecule has 158 valence electrons. The van der Waals surface area contributed by atoms with Crippen molar-refractivity contribution < 1.29 is 18.5 Å². The van der Waals surface area contributed by atoms with E-state index in [0.29, 0.717) is 19.7 Å². The van der Waals surface area contributed by atoms with Crippen LogP contribution in [0.3, 0.4) is 0 Å². The fraction of sp³-hybridized carbons (Fsp3) is 0.700. The number of carbonyl (C=O) groups is 1. The maximum atomic E-state index is 12.8. The molecule has 2 heterocycles. The molecule has 1 amide bonds. The average Bonchev–Trinajstić information content (AvgIpc) is 2.58. The first-order valence-electron chi connectivity index (χ1n) is 9.57. The van der Waals surface area contributed by atoms with Gasteiger partial charge < -0.3 is 14.4 Å². The molecule has 1 unspecified atom stereocenters. The second-order valence-corrected chi connectivity index (χ2v) is 11.1. The zero-order valence-electron chi connectivity index (χ0n) is 17.9. The highest BCUT2D eigenvalue weighted by molar-refractivity contribution is 7.84. The molecule has 0 aromatic carbocycles. The number of pyridine rings is 1. The number of nitrogens with one attached hydrogen (secondary N) is 1. The van der Waals surface area contributed by atoms with E-state index < -0.39 is 27.4 Å². The monoisotopic (exact) mass is 411 g/mol. The van der Waals surface area contributed by atoms with Crippen molar-refractivity contribution in [1.82, 2.24) is 14.6 Å². The molecule has 28 heavy (non-hydrogen) atoms. The van der Waals surface area contributed by atoms with Gasteiger partial charge in [0.2, 0.25) is 0 Å². The Morgan fingerprint density at radius 2 is 2.00 bits per heavy atom. The van der Waals surface area contributed by atoms with E-state index in [-0.39, 0.29) is 12.2 Å². The number of nitrogens with zero attached hydrogens (tertiary/aromatic N) is 2. The van der Waals surface area contributed by atoms with Crippen LogP contribution in [-0.2, 0) is 20.5 Å². The minimum Gasteiger partial charge on any atom is -0.444 e. The number of rotatable bonds is 4. The fourth-order valence-corrected chi connectivity index (χ4v) is 3.51. The van der Waals surface area contributed by atoms with Crippen LogP contribution in [0.5, 0.6) is 0 Å². The number of hydrogen-bond donors (Lipinski definition) is 1. The summed E-state index contributed by atoms with van der Waals surface area (Å²) in [6.45, 7) is 14.4. The molecule has 0 saturated carbocycles. The van der Waals surface area contributed by atoms with Gasteiger partial charge in [-0.2, -0.15) is 0 Å². The summed E-state index contributed by atoms with van der Waals surface area (Å²) in [5, 5.41) is 0. The molecule has 1 aromatic rings. The predicted molar refractivity (Wildman–Crippen MR) is 110 cm³/mol. The van der Waals surface area contributed by atoms with Crippen molar-refractivity contribution in [2.24, 2.45) is 0 Å². The van der Waals surface area contributed by atoms with Gasteiger partial charge in [-0.25, -0.2) is 13.7 Å². The molecule has 2 rings (SSSR count). The topological polar surface area (TPSA) is 80.8 Å². The van der Waals surface area contributed by atoms with Crippen LogP contribution >= 0.6 is 0 Å². The maximum absolute atomic E-state index is 12.8. The van der Waals surface area contributed by atoms with Crippen LogP contribution in [-0.4, -0.2) is 56.3 Å². The lowest BCUT2D eigenvalue weighted by Gasteiger charge is -2.38. The second-order valence-electron chi connectivity index (χ2n) is 9.07. The standard InChI is InChI=1S/C20H33N3O4S/c1-14-8-9-15(21-12-14)17(22-28(25)20(5,6)7)16-13-23(10-11-26-16)18(24)27-19(2,3)4/h8-9,12,16-17,22H,10-11,13H2,1-7H3/t16-,17?,28-/m0/s1. The van der Waals surface area contributed by atoms with E-state index in [1.54, 1.807) is 11.1 Å². The molecule has 7 nitrogen and oxygen atoms in total. The molecule has 1 aliphatic heterocycles. The molecule has 1 N–H and O–H groups in total. The first-order chi connectivity index (χ1) is 12.9. The lowest BCUT2D eigenvalue weighted by Crippen LogP contribution is -2.52. The average molecular weight is 412 g/mol. The van der Waals surface area contributed by atoms with E-state index in [4.69, 9.17) is 9.47 Å². The molecule has 0 aliphatic carbocycles. The van der Waals surface area contributed by atoms with Crippen LogP contribution in [0.2, 0.25) is 0 Å². The van der Waals surface area contributed by atoms with Crippen molar-refractivity contribution in [3.63, 3.8) is 0 Å². The summed E-state index contributed by atoms with van der Waals surface area (Å²) in [7, 11) is -1.32. The highest BCUT2D eigenvalue weighted by Crippen LogP contribution is 2.25. The summed E-state index contributed by atoms with van der Waals surface area (Å²) < 4.78 is 27.0. The highest BCUT2D eigenvalue weighted by atomic mass is 32.2. The zero-order chi connectivity index (χ0) is 21.1. The third-order valence-electron chi connectivity index (χ3n) is 4.16. The summed E-state index contributed by atoms with van der Waals surface area (Å²) in [6, 6.07) is 3.46. The third-order valence-corrected chi connectivity index (χ3v) is 5.74. The molecule has 0 radical (unpaired) electrons. The minimum atomic E-state index is -1.32. The van der Waals surface area contributed by atoms with Crippen LogP contribution in [0.25, 0.3) is 0 Å². The summed E-state index contributed by atoms with van der Waals surface area (Å²) in [5.41, 5.74) is 1.22. The summed E-state index contributed by atoms with van der Waals surface area (Å²) in [4.78, 5) is 18.6. The van der Waals surface area contributed by atoms with E-state index in [1.165, 1.54) is 0 Å². The Morgan fingerprint density at radius 3 is 2.54 bits per heavy atom. The third kappa shape index (κ3) is 6.53. The van der Waals surface area contributed by atoms with Crippen molar-refractivity contribution in [3.8, 4) is 0 Å². The number of ether oxygens (including phenoxy) is 2. The van der Waals surface area contributed by atoms with Gasteiger partial charge in [0, 0.05) is 12.7 Å². The second kappa shape index (κ2) is 8.88. The lowest BCUT2D eigenvalue weighted by atomic mass is 10.1. The molecule has 1 aliphatic rings. The van der Waals surface area contributed by atoms with Crippen molar-refractivity contribution in [1.29, 1.82) is 0 Å². The Morgan fingerprint density at radius 1 is 1.32 bits per heavy atom. The Bertz CT molecular complexity index is 695. The summed E-state index contributed by atoms with van der Waals surface area (Å²) in [5.74, 6) is 0. The van der Waals surface area contributed by atoms with E-state index in [1.807, 2.05) is 60.6 Å². The minimum absolute atomic E-state index is 0.337. The molecule has 1 fully saturated rings.